The van der Waals surface area contributed by atoms with E-state index >= 15 is 0 Å². The standard InChI is InChI=1S/C19H22N4O3S/c20-16(24)18(26)22-14-7-5-13(6-8-14)15(11-12-3-1-2-4-12)17(25)23-19-21-9-10-27-19/h5-10,12,15H,1-4,11H2,(H2,20,24)(H,22,26)(H,21,23,25). The number of rotatable bonds is 6. The summed E-state index contributed by atoms with van der Waals surface area (Å²) in [7, 11) is 0. The number of carbonyl (C=O) groups is 3. The Bertz CT molecular complexity index is 799. The van der Waals surface area contributed by atoms with Crippen molar-refractivity contribution in [2.75, 3.05) is 10.6 Å². The van der Waals surface area contributed by atoms with Gasteiger partial charge in [0.1, 0.15) is 0 Å². The van der Waals surface area contributed by atoms with Crippen LogP contribution in [0, 0.1) is 5.92 Å². The normalized spacial score (nSPS) is 15.3. The minimum absolute atomic E-state index is 0.0780. The monoisotopic (exact) mass is 386 g/mol. The molecule has 3 amide bonds. The van der Waals surface area contributed by atoms with Gasteiger partial charge in [0.2, 0.25) is 5.91 Å². The number of hydrogen-bond donors (Lipinski definition) is 3. The Hall–Kier alpha value is -2.74. The van der Waals surface area contributed by atoms with Crippen LogP contribution in [0.3, 0.4) is 0 Å². The Morgan fingerprint density at radius 2 is 1.85 bits per heavy atom. The number of nitrogens with zero attached hydrogens (tertiary/aromatic N) is 1. The Balaban J connectivity index is 1.75. The SMILES string of the molecule is NC(=O)C(=O)Nc1ccc(C(CC2CCCC2)C(=O)Nc2nccs2)cc1. The molecule has 1 fully saturated rings. The van der Waals surface area contributed by atoms with Crippen molar-refractivity contribution in [1.29, 1.82) is 0 Å². The lowest BCUT2D eigenvalue weighted by Crippen LogP contribution is -2.29. The van der Waals surface area contributed by atoms with E-state index in [1.165, 1.54) is 24.2 Å². The van der Waals surface area contributed by atoms with Crippen LogP contribution in [0.25, 0.3) is 0 Å². The fraction of sp³-hybridized carbons (Fsp3) is 0.368. The van der Waals surface area contributed by atoms with Gasteiger partial charge in [-0.2, -0.15) is 0 Å². The zero-order valence-corrected chi connectivity index (χ0v) is 15.6. The molecular formula is C19H22N4O3S. The van der Waals surface area contributed by atoms with E-state index in [1.807, 2.05) is 5.38 Å². The molecule has 1 aliphatic rings. The zero-order valence-electron chi connectivity index (χ0n) is 14.8. The van der Waals surface area contributed by atoms with Gasteiger partial charge in [-0.3, -0.25) is 14.4 Å². The fourth-order valence-electron chi connectivity index (χ4n) is 3.44. The molecule has 7 nitrogen and oxygen atoms in total. The third-order valence-electron chi connectivity index (χ3n) is 4.82. The molecule has 27 heavy (non-hydrogen) atoms. The number of thiazole rings is 1. The third-order valence-corrected chi connectivity index (χ3v) is 5.51. The predicted molar refractivity (Wildman–Crippen MR) is 104 cm³/mol. The summed E-state index contributed by atoms with van der Waals surface area (Å²) in [6.07, 6.45) is 7.15. The van der Waals surface area contributed by atoms with Crippen LogP contribution >= 0.6 is 11.3 Å². The summed E-state index contributed by atoms with van der Waals surface area (Å²) in [5.74, 6) is -1.75. The first-order chi connectivity index (χ1) is 13.0. The number of aromatic nitrogens is 1. The zero-order chi connectivity index (χ0) is 19.2. The number of benzene rings is 1. The van der Waals surface area contributed by atoms with Crippen LogP contribution in [0.15, 0.2) is 35.8 Å². The lowest BCUT2D eigenvalue weighted by atomic mass is 9.87. The summed E-state index contributed by atoms with van der Waals surface area (Å²) in [5, 5.41) is 7.72. The first-order valence-electron chi connectivity index (χ1n) is 8.94. The van der Waals surface area contributed by atoms with Crippen LogP contribution < -0.4 is 16.4 Å². The fourth-order valence-corrected chi connectivity index (χ4v) is 3.97. The van der Waals surface area contributed by atoms with Crippen molar-refractivity contribution in [2.45, 2.75) is 38.0 Å². The summed E-state index contributed by atoms with van der Waals surface area (Å²) < 4.78 is 0. The second kappa shape index (κ2) is 8.77. The Labute approximate surface area is 161 Å². The van der Waals surface area contributed by atoms with Crippen molar-refractivity contribution < 1.29 is 14.4 Å². The largest absolute Gasteiger partial charge is 0.361 e. The van der Waals surface area contributed by atoms with Crippen molar-refractivity contribution >= 4 is 39.9 Å². The molecule has 0 radical (unpaired) electrons. The van der Waals surface area contributed by atoms with Gasteiger partial charge in [0.25, 0.3) is 0 Å². The molecule has 0 aliphatic heterocycles. The molecule has 1 aromatic carbocycles. The molecule has 0 saturated heterocycles. The van der Waals surface area contributed by atoms with Crippen molar-refractivity contribution in [3.63, 3.8) is 0 Å². The molecule has 0 spiro atoms. The van der Waals surface area contributed by atoms with E-state index < -0.39 is 11.8 Å². The van der Waals surface area contributed by atoms with Crippen molar-refractivity contribution in [3.8, 4) is 0 Å². The summed E-state index contributed by atoms with van der Waals surface area (Å²) >= 11 is 1.38. The average molecular weight is 386 g/mol. The van der Waals surface area contributed by atoms with E-state index in [4.69, 9.17) is 5.73 Å². The highest BCUT2D eigenvalue weighted by molar-refractivity contribution is 7.13. The molecule has 1 aliphatic carbocycles. The molecule has 2 aromatic rings. The minimum atomic E-state index is -1.04. The van der Waals surface area contributed by atoms with Crippen molar-refractivity contribution in [2.24, 2.45) is 11.7 Å². The molecule has 1 unspecified atom stereocenters. The number of amides is 3. The van der Waals surface area contributed by atoms with E-state index in [0.717, 1.165) is 24.8 Å². The van der Waals surface area contributed by atoms with Crippen LogP contribution in [0.4, 0.5) is 10.8 Å². The van der Waals surface area contributed by atoms with Gasteiger partial charge in [-0.05, 0) is 30.0 Å². The first-order valence-corrected chi connectivity index (χ1v) is 9.82. The molecular weight excluding hydrogens is 364 g/mol. The van der Waals surface area contributed by atoms with Crippen LogP contribution in [0.2, 0.25) is 0 Å². The first kappa shape index (κ1) is 19.0. The van der Waals surface area contributed by atoms with E-state index in [-0.39, 0.29) is 11.8 Å². The molecule has 1 saturated carbocycles. The second-order valence-corrected chi connectivity index (χ2v) is 7.60. The highest BCUT2D eigenvalue weighted by Crippen LogP contribution is 2.35. The lowest BCUT2D eigenvalue weighted by Gasteiger charge is -2.20. The highest BCUT2D eigenvalue weighted by Gasteiger charge is 2.27. The van der Waals surface area contributed by atoms with E-state index in [2.05, 4.69) is 15.6 Å². The van der Waals surface area contributed by atoms with Crippen LogP contribution in [-0.4, -0.2) is 22.7 Å². The molecule has 142 valence electrons. The van der Waals surface area contributed by atoms with Gasteiger partial charge in [-0.25, -0.2) is 4.98 Å². The molecule has 1 heterocycles. The van der Waals surface area contributed by atoms with Crippen LogP contribution in [-0.2, 0) is 14.4 Å². The Morgan fingerprint density at radius 3 is 2.44 bits per heavy atom. The number of anilines is 2. The lowest BCUT2D eigenvalue weighted by molar-refractivity contribution is -0.134. The van der Waals surface area contributed by atoms with Crippen LogP contribution in [0.1, 0.15) is 43.6 Å². The van der Waals surface area contributed by atoms with Gasteiger partial charge in [-0.1, -0.05) is 37.8 Å². The average Bonchev–Trinajstić information content (AvgIpc) is 3.34. The van der Waals surface area contributed by atoms with Gasteiger partial charge in [0.05, 0.1) is 5.92 Å². The van der Waals surface area contributed by atoms with Crippen molar-refractivity contribution in [3.05, 3.63) is 41.4 Å². The maximum atomic E-state index is 12.9. The van der Waals surface area contributed by atoms with E-state index in [1.54, 1.807) is 30.5 Å². The molecule has 8 heteroatoms. The summed E-state index contributed by atoms with van der Waals surface area (Å²) in [6, 6.07) is 6.96. The van der Waals surface area contributed by atoms with Gasteiger partial charge < -0.3 is 16.4 Å². The molecule has 0 bridgehead atoms. The molecule has 1 aromatic heterocycles. The topological polar surface area (TPSA) is 114 Å². The third kappa shape index (κ3) is 5.13. The van der Waals surface area contributed by atoms with E-state index in [9.17, 15) is 14.4 Å². The molecule has 3 rings (SSSR count). The number of carbonyl (C=O) groups excluding carboxylic acids is 3. The maximum absolute atomic E-state index is 12.9. The maximum Gasteiger partial charge on any atom is 0.313 e. The van der Waals surface area contributed by atoms with Crippen LogP contribution in [0.5, 0.6) is 0 Å². The van der Waals surface area contributed by atoms with Gasteiger partial charge in [0, 0.05) is 17.3 Å². The Morgan fingerprint density at radius 1 is 1.15 bits per heavy atom. The predicted octanol–water partition coefficient (Wildman–Crippen LogP) is 2.87. The second-order valence-electron chi connectivity index (χ2n) is 6.71. The molecule has 1 atom stereocenters. The number of primary amides is 1. The summed E-state index contributed by atoms with van der Waals surface area (Å²) in [4.78, 5) is 39.3. The quantitative estimate of drug-likeness (QED) is 0.662. The van der Waals surface area contributed by atoms with Gasteiger partial charge >= 0.3 is 11.8 Å². The minimum Gasteiger partial charge on any atom is -0.361 e. The van der Waals surface area contributed by atoms with Crippen molar-refractivity contribution in [1.82, 2.24) is 4.98 Å². The number of hydrogen-bond acceptors (Lipinski definition) is 5. The molecule has 4 N–H and O–H groups in total. The number of nitrogens with two attached hydrogens (primary N) is 1. The van der Waals surface area contributed by atoms with Gasteiger partial charge in [0.15, 0.2) is 5.13 Å². The summed E-state index contributed by atoms with van der Waals surface area (Å²) in [5.41, 5.74) is 6.28. The van der Waals surface area contributed by atoms with E-state index in [0.29, 0.717) is 16.7 Å². The number of nitrogens with one attached hydrogen (secondary N) is 2. The smallest absolute Gasteiger partial charge is 0.313 e. The summed E-state index contributed by atoms with van der Waals surface area (Å²) in [6.45, 7) is 0. The Kier molecular flexibility index (Phi) is 6.18. The highest BCUT2D eigenvalue weighted by atomic mass is 32.1. The van der Waals surface area contributed by atoms with Gasteiger partial charge in [-0.15, -0.1) is 11.3 Å².